The molecule has 6 heteroatoms. The van der Waals surface area contributed by atoms with Crippen LogP contribution >= 0.6 is 11.6 Å². The van der Waals surface area contributed by atoms with Crippen molar-refractivity contribution in [1.29, 1.82) is 0 Å². The summed E-state index contributed by atoms with van der Waals surface area (Å²) >= 11 is 6.27. The number of fused-ring (bicyclic) bond motifs is 1. The Hall–Kier alpha value is -2.01. The molecule has 3 rings (SSSR count). The molecular formula is C18H22ClN3O2. The van der Waals surface area contributed by atoms with Crippen molar-refractivity contribution in [3.63, 3.8) is 0 Å². The Kier molecular flexibility index (Phi) is 4.54. The quantitative estimate of drug-likeness (QED) is 0.783. The molecule has 0 saturated carbocycles. The molecule has 1 aliphatic rings. The number of piperazine rings is 1. The summed E-state index contributed by atoms with van der Waals surface area (Å²) in [6, 6.07) is 7.90. The molecule has 1 aliphatic heterocycles. The molecule has 0 unspecified atom stereocenters. The summed E-state index contributed by atoms with van der Waals surface area (Å²) < 4.78 is 5.43. The number of nitrogens with zero attached hydrogens (tertiary/aromatic N) is 3. The van der Waals surface area contributed by atoms with E-state index in [1.165, 1.54) is 0 Å². The van der Waals surface area contributed by atoms with Crippen molar-refractivity contribution >= 4 is 34.3 Å². The first-order valence-corrected chi connectivity index (χ1v) is 8.48. The largest absolute Gasteiger partial charge is 0.444 e. The van der Waals surface area contributed by atoms with Gasteiger partial charge in [-0.25, -0.2) is 4.79 Å². The van der Waals surface area contributed by atoms with Crippen LogP contribution in [0.2, 0.25) is 5.02 Å². The van der Waals surface area contributed by atoms with Gasteiger partial charge in [0.1, 0.15) is 5.60 Å². The van der Waals surface area contributed by atoms with Crippen LogP contribution in [0.5, 0.6) is 0 Å². The minimum atomic E-state index is -0.462. The molecule has 5 nitrogen and oxygen atoms in total. The molecule has 1 saturated heterocycles. The van der Waals surface area contributed by atoms with Crippen LogP contribution in [0.15, 0.2) is 30.5 Å². The number of aromatic nitrogens is 1. The number of carbonyl (C=O) groups excluding carboxylic acids is 1. The lowest BCUT2D eigenvalue weighted by Crippen LogP contribution is -2.50. The van der Waals surface area contributed by atoms with Crippen LogP contribution in [-0.2, 0) is 4.74 Å². The Morgan fingerprint density at radius 1 is 1.17 bits per heavy atom. The summed E-state index contributed by atoms with van der Waals surface area (Å²) in [6.07, 6.45) is 1.47. The number of rotatable bonds is 1. The van der Waals surface area contributed by atoms with Gasteiger partial charge >= 0.3 is 6.09 Å². The molecule has 0 radical (unpaired) electrons. The van der Waals surface area contributed by atoms with Gasteiger partial charge in [-0.05, 0) is 45.0 Å². The SMILES string of the molecule is CC(C)(C)OC(=O)N1CCN(c2ccc3nccc(Cl)c3c2)CC1. The fourth-order valence-electron chi connectivity index (χ4n) is 2.77. The Bertz CT molecular complexity index is 750. The third-order valence-electron chi connectivity index (χ3n) is 3.97. The number of hydrogen-bond acceptors (Lipinski definition) is 4. The Morgan fingerprint density at radius 3 is 2.54 bits per heavy atom. The smallest absolute Gasteiger partial charge is 0.410 e. The van der Waals surface area contributed by atoms with E-state index < -0.39 is 5.60 Å². The van der Waals surface area contributed by atoms with Crippen molar-refractivity contribution in [3.05, 3.63) is 35.5 Å². The van der Waals surface area contributed by atoms with E-state index >= 15 is 0 Å². The Labute approximate surface area is 147 Å². The van der Waals surface area contributed by atoms with Crippen molar-refractivity contribution < 1.29 is 9.53 Å². The maximum Gasteiger partial charge on any atom is 0.410 e. The number of pyridine rings is 1. The highest BCUT2D eigenvalue weighted by atomic mass is 35.5. The van der Waals surface area contributed by atoms with Gasteiger partial charge < -0.3 is 14.5 Å². The minimum Gasteiger partial charge on any atom is -0.444 e. The summed E-state index contributed by atoms with van der Waals surface area (Å²) in [5, 5.41) is 1.65. The molecular weight excluding hydrogens is 326 g/mol. The third kappa shape index (κ3) is 3.73. The molecule has 2 aromatic rings. The highest BCUT2D eigenvalue weighted by Crippen LogP contribution is 2.27. The van der Waals surface area contributed by atoms with Gasteiger partial charge in [-0.1, -0.05) is 11.6 Å². The topological polar surface area (TPSA) is 45.7 Å². The van der Waals surface area contributed by atoms with Crippen LogP contribution in [0, 0.1) is 0 Å². The number of hydrogen-bond donors (Lipinski definition) is 0. The minimum absolute atomic E-state index is 0.243. The predicted molar refractivity (Wildman–Crippen MR) is 96.8 cm³/mol. The molecule has 0 spiro atoms. The van der Waals surface area contributed by atoms with Gasteiger partial charge in [0.05, 0.1) is 10.5 Å². The summed E-state index contributed by atoms with van der Waals surface area (Å²) in [5.74, 6) is 0. The first-order chi connectivity index (χ1) is 11.3. The monoisotopic (exact) mass is 347 g/mol. The van der Waals surface area contributed by atoms with Crippen LogP contribution in [0.4, 0.5) is 10.5 Å². The van der Waals surface area contributed by atoms with Crippen LogP contribution in [0.25, 0.3) is 10.9 Å². The molecule has 24 heavy (non-hydrogen) atoms. The van der Waals surface area contributed by atoms with E-state index in [1.807, 2.05) is 26.8 Å². The molecule has 2 heterocycles. The highest BCUT2D eigenvalue weighted by molar-refractivity contribution is 6.35. The second-order valence-corrected chi connectivity index (χ2v) is 7.36. The van der Waals surface area contributed by atoms with Crippen molar-refractivity contribution in [2.75, 3.05) is 31.1 Å². The van der Waals surface area contributed by atoms with E-state index in [4.69, 9.17) is 16.3 Å². The highest BCUT2D eigenvalue weighted by Gasteiger charge is 2.26. The number of benzene rings is 1. The van der Waals surface area contributed by atoms with Crippen LogP contribution in [-0.4, -0.2) is 47.8 Å². The lowest BCUT2D eigenvalue weighted by atomic mass is 10.1. The summed E-state index contributed by atoms with van der Waals surface area (Å²) in [7, 11) is 0. The number of halogens is 1. The molecule has 0 N–H and O–H groups in total. The number of ether oxygens (including phenoxy) is 1. The predicted octanol–water partition coefficient (Wildman–Crippen LogP) is 3.95. The van der Waals surface area contributed by atoms with Crippen molar-refractivity contribution in [1.82, 2.24) is 9.88 Å². The zero-order chi connectivity index (χ0) is 17.3. The zero-order valence-corrected chi connectivity index (χ0v) is 15.0. The lowest BCUT2D eigenvalue weighted by molar-refractivity contribution is 0.0240. The molecule has 1 aromatic carbocycles. The zero-order valence-electron chi connectivity index (χ0n) is 14.3. The molecule has 0 aliphatic carbocycles. The summed E-state index contributed by atoms with van der Waals surface area (Å²) in [4.78, 5) is 20.5. The first-order valence-electron chi connectivity index (χ1n) is 8.11. The van der Waals surface area contributed by atoms with Crippen LogP contribution in [0.3, 0.4) is 0 Å². The van der Waals surface area contributed by atoms with Gasteiger partial charge in [-0.2, -0.15) is 0 Å². The van der Waals surface area contributed by atoms with E-state index in [2.05, 4.69) is 22.0 Å². The van der Waals surface area contributed by atoms with Crippen LogP contribution < -0.4 is 4.90 Å². The molecule has 0 atom stereocenters. The van der Waals surface area contributed by atoms with E-state index in [0.29, 0.717) is 18.1 Å². The van der Waals surface area contributed by atoms with Gasteiger partial charge in [0.2, 0.25) is 0 Å². The molecule has 0 bridgehead atoms. The van der Waals surface area contributed by atoms with Gasteiger partial charge in [0, 0.05) is 43.4 Å². The van der Waals surface area contributed by atoms with E-state index in [0.717, 1.165) is 29.7 Å². The number of anilines is 1. The normalized spacial score (nSPS) is 15.7. The van der Waals surface area contributed by atoms with E-state index in [9.17, 15) is 4.79 Å². The standard InChI is InChI=1S/C18H22ClN3O2/c1-18(2,3)24-17(23)22-10-8-21(9-11-22)13-4-5-16-14(12-13)15(19)6-7-20-16/h4-7,12H,8-11H2,1-3H3. The second-order valence-electron chi connectivity index (χ2n) is 6.95. The fraction of sp³-hybridized carbons (Fsp3) is 0.444. The van der Waals surface area contributed by atoms with Crippen LogP contribution in [0.1, 0.15) is 20.8 Å². The average Bonchev–Trinajstić information content (AvgIpc) is 2.53. The molecule has 1 fully saturated rings. The maximum absolute atomic E-state index is 12.1. The first kappa shape index (κ1) is 16.8. The van der Waals surface area contributed by atoms with Crippen molar-refractivity contribution in [3.8, 4) is 0 Å². The second kappa shape index (κ2) is 6.48. The number of amides is 1. The average molecular weight is 348 g/mol. The Morgan fingerprint density at radius 2 is 1.88 bits per heavy atom. The third-order valence-corrected chi connectivity index (χ3v) is 4.30. The van der Waals surface area contributed by atoms with Gasteiger partial charge in [0.25, 0.3) is 0 Å². The van der Waals surface area contributed by atoms with Gasteiger partial charge in [-0.3, -0.25) is 4.98 Å². The van der Waals surface area contributed by atoms with E-state index in [-0.39, 0.29) is 6.09 Å². The maximum atomic E-state index is 12.1. The lowest BCUT2D eigenvalue weighted by Gasteiger charge is -2.36. The summed E-state index contributed by atoms with van der Waals surface area (Å²) in [5.41, 5.74) is 1.52. The number of carbonyl (C=O) groups is 1. The molecule has 1 aromatic heterocycles. The van der Waals surface area contributed by atoms with Crippen molar-refractivity contribution in [2.45, 2.75) is 26.4 Å². The van der Waals surface area contributed by atoms with E-state index in [1.54, 1.807) is 17.2 Å². The molecule has 1 amide bonds. The van der Waals surface area contributed by atoms with Gasteiger partial charge in [-0.15, -0.1) is 0 Å². The summed E-state index contributed by atoms with van der Waals surface area (Å²) in [6.45, 7) is 8.47. The van der Waals surface area contributed by atoms with Gasteiger partial charge in [0.15, 0.2) is 0 Å². The molecule has 128 valence electrons. The van der Waals surface area contributed by atoms with Crippen molar-refractivity contribution in [2.24, 2.45) is 0 Å². The Balaban J connectivity index is 1.69. The fourth-order valence-corrected chi connectivity index (χ4v) is 2.98.